The number of rotatable bonds is 5. The Morgan fingerprint density at radius 2 is 1.36 bits per heavy atom. The van der Waals surface area contributed by atoms with Crippen LogP contribution in [-0.2, 0) is 11.3 Å². The molecule has 4 heteroatoms. The maximum Gasteiger partial charge on any atom is 0.253 e. The lowest BCUT2D eigenvalue weighted by Gasteiger charge is -2.27. The fourth-order valence-electron chi connectivity index (χ4n) is 3.90. The number of aliphatic hydroxyl groups excluding tert-OH is 1. The van der Waals surface area contributed by atoms with Gasteiger partial charge in [-0.05, 0) is 11.1 Å². The first-order chi connectivity index (χ1) is 13.7. The minimum atomic E-state index is -1.25. The molecule has 0 unspecified atom stereocenters. The van der Waals surface area contributed by atoms with Gasteiger partial charge in [-0.2, -0.15) is 0 Å². The molecule has 1 N–H and O–H groups in total. The van der Waals surface area contributed by atoms with E-state index in [2.05, 4.69) is 0 Å². The number of hydrogen-bond donors (Lipinski definition) is 1. The van der Waals surface area contributed by atoms with E-state index in [-0.39, 0.29) is 12.3 Å². The van der Waals surface area contributed by atoms with Crippen molar-refractivity contribution in [3.8, 4) is 0 Å². The summed E-state index contributed by atoms with van der Waals surface area (Å²) in [5.41, 5.74) is 2.24. The van der Waals surface area contributed by atoms with E-state index in [1.807, 2.05) is 66.7 Å². The molecule has 0 saturated carbocycles. The van der Waals surface area contributed by atoms with Crippen molar-refractivity contribution in [3.05, 3.63) is 108 Å². The zero-order valence-electron chi connectivity index (χ0n) is 15.3. The lowest BCUT2D eigenvalue weighted by Crippen LogP contribution is -2.40. The lowest BCUT2D eigenvalue weighted by molar-refractivity contribution is -0.135. The summed E-state index contributed by atoms with van der Waals surface area (Å²) in [6.45, 7) is 0.281. The zero-order valence-corrected chi connectivity index (χ0v) is 15.3. The van der Waals surface area contributed by atoms with E-state index >= 15 is 0 Å². The Kier molecular flexibility index (Phi) is 5.04. The largest absolute Gasteiger partial charge is 0.383 e. The SMILES string of the molecule is O=C(c1ccccc1)[C@@H]1[C@@H](c2ccccc2)[C@H](O)C(=O)N1Cc1ccccc1. The van der Waals surface area contributed by atoms with Gasteiger partial charge in [-0.1, -0.05) is 91.0 Å². The van der Waals surface area contributed by atoms with E-state index in [4.69, 9.17) is 0 Å². The molecule has 1 fully saturated rings. The number of likely N-dealkylation sites (tertiary alicyclic amines) is 1. The fourth-order valence-corrected chi connectivity index (χ4v) is 3.90. The number of benzene rings is 3. The zero-order chi connectivity index (χ0) is 19.5. The minimum absolute atomic E-state index is 0.157. The van der Waals surface area contributed by atoms with Crippen molar-refractivity contribution in [1.82, 2.24) is 4.90 Å². The van der Waals surface area contributed by atoms with Gasteiger partial charge in [0.1, 0.15) is 12.1 Å². The average Bonchev–Trinajstić information content (AvgIpc) is 3.00. The van der Waals surface area contributed by atoms with Crippen molar-refractivity contribution < 1.29 is 14.7 Å². The number of amides is 1. The molecule has 4 nitrogen and oxygen atoms in total. The predicted molar refractivity (Wildman–Crippen MR) is 107 cm³/mol. The topological polar surface area (TPSA) is 57.6 Å². The average molecular weight is 371 g/mol. The fraction of sp³-hybridized carbons (Fsp3) is 0.167. The van der Waals surface area contributed by atoms with E-state index in [0.29, 0.717) is 5.56 Å². The van der Waals surface area contributed by atoms with Gasteiger partial charge < -0.3 is 10.0 Å². The van der Waals surface area contributed by atoms with Crippen LogP contribution in [0, 0.1) is 0 Å². The maximum atomic E-state index is 13.4. The number of carbonyl (C=O) groups excluding carboxylic acids is 2. The number of hydrogen-bond acceptors (Lipinski definition) is 3. The highest BCUT2D eigenvalue weighted by Crippen LogP contribution is 2.37. The molecule has 1 heterocycles. The highest BCUT2D eigenvalue weighted by atomic mass is 16.3. The molecule has 1 amide bonds. The van der Waals surface area contributed by atoms with Gasteiger partial charge in [-0.3, -0.25) is 9.59 Å². The summed E-state index contributed by atoms with van der Waals surface area (Å²) in [7, 11) is 0. The molecule has 0 spiro atoms. The molecule has 28 heavy (non-hydrogen) atoms. The maximum absolute atomic E-state index is 13.4. The van der Waals surface area contributed by atoms with Crippen LogP contribution < -0.4 is 0 Å². The van der Waals surface area contributed by atoms with Crippen molar-refractivity contribution in [2.45, 2.75) is 24.6 Å². The molecule has 0 aliphatic carbocycles. The van der Waals surface area contributed by atoms with Crippen molar-refractivity contribution in [2.75, 3.05) is 0 Å². The summed E-state index contributed by atoms with van der Waals surface area (Å²) in [5.74, 6) is -1.17. The van der Waals surface area contributed by atoms with Crippen LogP contribution in [0.3, 0.4) is 0 Å². The third-order valence-electron chi connectivity index (χ3n) is 5.26. The minimum Gasteiger partial charge on any atom is -0.383 e. The second-order valence-corrected chi connectivity index (χ2v) is 7.01. The van der Waals surface area contributed by atoms with E-state index < -0.39 is 24.0 Å². The molecule has 3 atom stereocenters. The van der Waals surface area contributed by atoms with Gasteiger partial charge in [0, 0.05) is 18.0 Å². The van der Waals surface area contributed by atoms with Gasteiger partial charge in [-0.15, -0.1) is 0 Å². The van der Waals surface area contributed by atoms with Crippen LogP contribution in [0.25, 0.3) is 0 Å². The summed E-state index contributed by atoms with van der Waals surface area (Å²) in [6, 6.07) is 27.0. The number of Topliss-reactive ketones (excluding diaryl/α,β-unsaturated/α-hetero) is 1. The summed E-state index contributed by atoms with van der Waals surface area (Å²) >= 11 is 0. The van der Waals surface area contributed by atoms with Gasteiger partial charge in [0.25, 0.3) is 5.91 Å². The van der Waals surface area contributed by atoms with Gasteiger partial charge in [-0.25, -0.2) is 0 Å². The van der Waals surface area contributed by atoms with Crippen molar-refractivity contribution in [1.29, 1.82) is 0 Å². The molecule has 0 aromatic heterocycles. The Morgan fingerprint density at radius 3 is 1.96 bits per heavy atom. The first kappa shape index (κ1) is 18.1. The van der Waals surface area contributed by atoms with Crippen LogP contribution in [0.2, 0.25) is 0 Å². The van der Waals surface area contributed by atoms with Gasteiger partial charge in [0.05, 0.1) is 0 Å². The lowest BCUT2D eigenvalue weighted by atomic mass is 9.85. The van der Waals surface area contributed by atoms with Crippen LogP contribution in [0.4, 0.5) is 0 Å². The molecule has 1 aliphatic heterocycles. The summed E-state index contributed by atoms with van der Waals surface area (Å²) in [6.07, 6.45) is -1.25. The monoisotopic (exact) mass is 371 g/mol. The third-order valence-corrected chi connectivity index (χ3v) is 5.26. The summed E-state index contributed by atoms with van der Waals surface area (Å²) < 4.78 is 0. The molecule has 140 valence electrons. The molecular weight excluding hydrogens is 350 g/mol. The molecular formula is C24H21NO3. The summed E-state index contributed by atoms with van der Waals surface area (Å²) in [4.78, 5) is 27.9. The Balaban J connectivity index is 1.77. The second-order valence-electron chi connectivity index (χ2n) is 7.01. The normalized spacial score (nSPS) is 21.7. The highest BCUT2D eigenvalue weighted by Gasteiger charge is 2.51. The molecule has 0 bridgehead atoms. The van der Waals surface area contributed by atoms with E-state index in [9.17, 15) is 14.7 Å². The van der Waals surface area contributed by atoms with E-state index in [1.165, 1.54) is 4.90 Å². The number of aliphatic hydroxyl groups is 1. The van der Waals surface area contributed by atoms with Crippen molar-refractivity contribution in [3.63, 3.8) is 0 Å². The Hall–Kier alpha value is -3.24. The molecule has 3 aromatic carbocycles. The van der Waals surface area contributed by atoms with Crippen molar-refractivity contribution >= 4 is 11.7 Å². The quantitative estimate of drug-likeness (QED) is 0.699. The first-order valence-corrected chi connectivity index (χ1v) is 9.33. The highest BCUT2D eigenvalue weighted by molar-refractivity contribution is 6.05. The van der Waals surface area contributed by atoms with Crippen LogP contribution in [0.5, 0.6) is 0 Å². The number of carbonyl (C=O) groups is 2. The molecule has 1 saturated heterocycles. The van der Waals surface area contributed by atoms with E-state index in [0.717, 1.165) is 11.1 Å². The predicted octanol–water partition coefficient (Wildman–Crippen LogP) is 3.43. The Bertz CT molecular complexity index is 957. The van der Waals surface area contributed by atoms with Gasteiger partial charge in [0.2, 0.25) is 0 Å². The van der Waals surface area contributed by atoms with Crippen LogP contribution in [-0.4, -0.2) is 33.8 Å². The van der Waals surface area contributed by atoms with Crippen LogP contribution in [0.1, 0.15) is 27.4 Å². The molecule has 3 aromatic rings. The van der Waals surface area contributed by atoms with E-state index in [1.54, 1.807) is 24.3 Å². The Morgan fingerprint density at radius 1 is 0.821 bits per heavy atom. The summed E-state index contributed by atoms with van der Waals surface area (Å²) in [5, 5.41) is 10.8. The third kappa shape index (κ3) is 3.35. The smallest absolute Gasteiger partial charge is 0.253 e. The number of nitrogens with zero attached hydrogens (tertiary/aromatic N) is 1. The van der Waals surface area contributed by atoms with Gasteiger partial charge in [0.15, 0.2) is 5.78 Å². The number of ketones is 1. The van der Waals surface area contributed by atoms with Crippen molar-refractivity contribution in [2.24, 2.45) is 0 Å². The second kappa shape index (κ2) is 7.79. The Labute approximate surface area is 164 Å². The first-order valence-electron chi connectivity index (χ1n) is 9.33. The molecule has 0 radical (unpaired) electrons. The van der Waals surface area contributed by atoms with Crippen LogP contribution >= 0.6 is 0 Å². The van der Waals surface area contributed by atoms with Crippen LogP contribution in [0.15, 0.2) is 91.0 Å². The standard InChI is InChI=1S/C24H21NO3/c26-22(19-14-8-3-9-15-19)21-20(18-12-6-2-7-13-18)23(27)24(28)25(21)16-17-10-4-1-5-11-17/h1-15,20-21,23,27H,16H2/t20-,21+,23+/m1/s1. The molecule has 4 rings (SSSR count). The van der Waals surface area contributed by atoms with Gasteiger partial charge >= 0.3 is 0 Å². The molecule has 1 aliphatic rings.